The van der Waals surface area contributed by atoms with Crippen LogP contribution in [0, 0.1) is 0 Å². The van der Waals surface area contributed by atoms with Crippen molar-refractivity contribution in [2.45, 2.75) is 20.3 Å². The number of carbonyl (C=O) groups excluding carboxylic acids is 1. The fourth-order valence-electron chi connectivity index (χ4n) is 0.602. The number of carboxylic acid groups (broad SMARTS) is 1. The first-order chi connectivity index (χ1) is 4.57. The summed E-state index contributed by atoms with van der Waals surface area (Å²) in [4.78, 5) is 20.6. The molecule has 0 unspecified atom stereocenters. The zero-order chi connectivity index (χ0) is 8.15. The third-order valence-corrected chi connectivity index (χ3v) is 1.13. The number of rotatable bonds is 3. The summed E-state index contributed by atoms with van der Waals surface area (Å²) in [7, 11) is 0. The summed E-state index contributed by atoms with van der Waals surface area (Å²) in [6.07, 6.45) is 1.42. The number of aliphatic carboxylic acids is 1. The Bertz CT molecular complexity index is 179. The number of ketones is 1. The van der Waals surface area contributed by atoms with E-state index in [0.29, 0.717) is 12.0 Å². The van der Waals surface area contributed by atoms with Crippen LogP contribution in [0.4, 0.5) is 0 Å². The molecule has 0 aliphatic heterocycles. The fourth-order valence-corrected chi connectivity index (χ4v) is 0.602. The first-order valence-electron chi connectivity index (χ1n) is 3.02. The fraction of sp³-hybridized carbons (Fsp3) is 0.429. The second kappa shape index (κ2) is 3.82. The van der Waals surface area contributed by atoms with Crippen LogP contribution in [0.2, 0.25) is 0 Å². The number of carboxylic acids is 1. The Morgan fingerprint density at radius 3 is 2.10 bits per heavy atom. The van der Waals surface area contributed by atoms with Crippen LogP contribution in [-0.4, -0.2) is 16.9 Å². The molecule has 0 aromatic carbocycles. The highest BCUT2D eigenvalue weighted by molar-refractivity contribution is 5.98. The van der Waals surface area contributed by atoms with Gasteiger partial charge in [-0.15, -0.1) is 0 Å². The molecule has 0 spiro atoms. The summed E-state index contributed by atoms with van der Waals surface area (Å²) < 4.78 is 0. The van der Waals surface area contributed by atoms with Crippen molar-refractivity contribution in [1.82, 2.24) is 0 Å². The van der Waals surface area contributed by atoms with Gasteiger partial charge in [-0.2, -0.15) is 0 Å². The van der Waals surface area contributed by atoms with Crippen molar-refractivity contribution in [2.75, 3.05) is 0 Å². The molecule has 0 aliphatic rings. The number of carbonyl (C=O) groups is 2. The van der Waals surface area contributed by atoms with E-state index < -0.39 is 5.97 Å². The largest absolute Gasteiger partial charge is 0.478 e. The van der Waals surface area contributed by atoms with Crippen molar-refractivity contribution in [3.05, 3.63) is 11.6 Å². The lowest BCUT2D eigenvalue weighted by atomic mass is 10.1. The molecule has 0 fully saturated rings. The first kappa shape index (κ1) is 8.88. The van der Waals surface area contributed by atoms with Gasteiger partial charge in [0.25, 0.3) is 0 Å². The second-order valence-electron chi connectivity index (χ2n) is 1.92. The normalized spacial score (nSPS) is 11.2. The minimum Gasteiger partial charge on any atom is -0.478 e. The quantitative estimate of drug-likeness (QED) is 0.598. The van der Waals surface area contributed by atoms with Crippen molar-refractivity contribution in [3.63, 3.8) is 0 Å². The summed E-state index contributed by atoms with van der Waals surface area (Å²) in [5.74, 6) is -1.24. The van der Waals surface area contributed by atoms with Crippen LogP contribution in [0.1, 0.15) is 20.3 Å². The topological polar surface area (TPSA) is 54.4 Å². The van der Waals surface area contributed by atoms with Gasteiger partial charge in [0.2, 0.25) is 0 Å². The van der Waals surface area contributed by atoms with Crippen molar-refractivity contribution < 1.29 is 14.7 Å². The van der Waals surface area contributed by atoms with Gasteiger partial charge in [-0.3, -0.25) is 4.79 Å². The Morgan fingerprint density at radius 2 is 2.00 bits per heavy atom. The van der Waals surface area contributed by atoms with Crippen molar-refractivity contribution in [3.8, 4) is 0 Å². The van der Waals surface area contributed by atoms with E-state index >= 15 is 0 Å². The Morgan fingerprint density at radius 1 is 1.50 bits per heavy atom. The number of hydrogen-bond donors (Lipinski definition) is 1. The third kappa shape index (κ3) is 3.02. The van der Waals surface area contributed by atoms with Gasteiger partial charge in [0.15, 0.2) is 5.78 Å². The predicted molar refractivity (Wildman–Crippen MR) is 36.7 cm³/mol. The predicted octanol–water partition coefficient (Wildman–Crippen LogP) is 0.996. The van der Waals surface area contributed by atoms with E-state index in [2.05, 4.69) is 0 Å². The van der Waals surface area contributed by atoms with E-state index in [1.807, 2.05) is 0 Å². The highest BCUT2D eigenvalue weighted by Crippen LogP contribution is 2.00. The van der Waals surface area contributed by atoms with Crippen LogP contribution in [0.3, 0.4) is 0 Å². The Labute approximate surface area is 59.4 Å². The van der Waals surface area contributed by atoms with Crippen LogP contribution >= 0.6 is 0 Å². The standard InChI is InChI=1S/C7H10O3/c1-3-6(5(2)8)4-7(9)10/h4H,3H2,1-2H3,(H,9,10)/b6-4+. The maximum absolute atomic E-state index is 10.6. The van der Waals surface area contributed by atoms with Gasteiger partial charge in [-0.1, -0.05) is 6.92 Å². The van der Waals surface area contributed by atoms with Crippen molar-refractivity contribution in [1.29, 1.82) is 0 Å². The van der Waals surface area contributed by atoms with Crippen molar-refractivity contribution >= 4 is 11.8 Å². The lowest BCUT2D eigenvalue weighted by Crippen LogP contribution is -1.99. The molecule has 0 saturated carbocycles. The van der Waals surface area contributed by atoms with Gasteiger partial charge >= 0.3 is 5.97 Å². The molecule has 3 heteroatoms. The molecule has 0 heterocycles. The first-order valence-corrected chi connectivity index (χ1v) is 3.02. The molecule has 0 rings (SSSR count). The summed E-state index contributed by atoms with van der Waals surface area (Å²) >= 11 is 0. The van der Waals surface area contributed by atoms with E-state index in [1.54, 1.807) is 6.92 Å². The SMILES string of the molecule is CC/C(=C\C(=O)O)C(C)=O. The zero-order valence-electron chi connectivity index (χ0n) is 6.05. The number of hydrogen-bond acceptors (Lipinski definition) is 2. The average molecular weight is 142 g/mol. The van der Waals surface area contributed by atoms with Crippen LogP contribution in [0.5, 0.6) is 0 Å². The molecule has 0 saturated heterocycles. The second-order valence-corrected chi connectivity index (χ2v) is 1.92. The summed E-state index contributed by atoms with van der Waals surface area (Å²) in [5, 5.41) is 8.24. The van der Waals surface area contributed by atoms with E-state index in [4.69, 9.17) is 5.11 Å². The number of allylic oxidation sites excluding steroid dienone is 1. The van der Waals surface area contributed by atoms with Crippen LogP contribution in [0.25, 0.3) is 0 Å². The maximum Gasteiger partial charge on any atom is 0.328 e. The number of Topliss-reactive ketones (excluding diaryl/α,β-unsaturated/α-hetero) is 1. The van der Waals surface area contributed by atoms with E-state index in [1.165, 1.54) is 6.92 Å². The summed E-state index contributed by atoms with van der Waals surface area (Å²) in [5.41, 5.74) is 0.354. The molecule has 0 aliphatic carbocycles. The van der Waals surface area contributed by atoms with Crippen LogP contribution < -0.4 is 0 Å². The molecule has 3 nitrogen and oxygen atoms in total. The molecular weight excluding hydrogens is 132 g/mol. The molecule has 0 bridgehead atoms. The van der Waals surface area contributed by atoms with Gasteiger partial charge in [-0.05, 0) is 13.3 Å². The lowest BCUT2D eigenvalue weighted by molar-refractivity contribution is -0.131. The van der Waals surface area contributed by atoms with E-state index in [-0.39, 0.29) is 5.78 Å². The van der Waals surface area contributed by atoms with Crippen LogP contribution in [-0.2, 0) is 9.59 Å². The lowest BCUT2D eigenvalue weighted by Gasteiger charge is -1.93. The van der Waals surface area contributed by atoms with Gasteiger partial charge < -0.3 is 5.11 Å². The minimum atomic E-state index is -1.06. The van der Waals surface area contributed by atoms with Gasteiger partial charge in [0.1, 0.15) is 0 Å². The van der Waals surface area contributed by atoms with E-state index in [0.717, 1.165) is 6.08 Å². The van der Waals surface area contributed by atoms with Gasteiger partial charge in [0, 0.05) is 11.6 Å². The summed E-state index contributed by atoms with van der Waals surface area (Å²) in [6.45, 7) is 3.11. The highest BCUT2D eigenvalue weighted by atomic mass is 16.4. The molecule has 0 radical (unpaired) electrons. The van der Waals surface area contributed by atoms with Crippen molar-refractivity contribution in [2.24, 2.45) is 0 Å². The average Bonchev–Trinajstić information content (AvgIpc) is 1.81. The monoisotopic (exact) mass is 142 g/mol. The molecule has 0 aromatic heterocycles. The van der Waals surface area contributed by atoms with Gasteiger partial charge in [-0.25, -0.2) is 4.79 Å². The molecular formula is C7H10O3. The molecule has 10 heavy (non-hydrogen) atoms. The molecule has 56 valence electrons. The Balaban J connectivity index is 4.34. The minimum absolute atomic E-state index is 0.176. The zero-order valence-corrected chi connectivity index (χ0v) is 6.05. The van der Waals surface area contributed by atoms with Crippen LogP contribution in [0.15, 0.2) is 11.6 Å². The Kier molecular flexibility index (Phi) is 3.39. The maximum atomic E-state index is 10.6. The molecule has 1 N–H and O–H groups in total. The van der Waals surface area contributed by atoms with Gasteiger partial charge in [0.05, 0.1) is 0 Å². The third-order valence-electron chi connectivity index (χ3n) is 1.13. The molecule has 0 aromatic rings. The van der Waals surface area contributed by atoms with E-state index in [9.17, 15) is 9.59 Å². The molecule has 0 atom stereocenters. The summed E-state index contributed by atoms with van der Waals surface area (Å²) in [6, 6.07) is 0. The highest BCUT2D eigenvalue weighted by Gasteiger charge is 2.01. The smallest absolute Gasteiger partial charge is 0.328 e. The molecule has 0 amide bonds. The Hall–Kier alpha value is -1.12.